The van der Waals surface area contributed by atoms with Crippen molar-refractivity contribution >= 4 is 19.4 Å². The van der Waals surface area contributed by atoms with Crippen molar-refractivity contribution in [2.45, 2.75) is 0 Å². The Morgan fingerprint density at radius 3 is 1.33 bits per heavy atom. The van der Waals surface area contributed by atoms with E-state index >= 15 is 0 Å². The van der Waals surface area contributed by atoms with Crippen LogP contribution in [0.2, 0.25) is 0 Å². The van der Waals surface area contributed by atoms with Gasteiger partial charge in [0.2, 0.25) is 0 Å². The average Bonchev–Trinajstić information content (AvgIpc) is 1.46. The zero-order valence-electron chi connectivity index (χ0n) is 2.46. The van der Waals surface area contributed by atoms with Crippen molar-refractivity contribution in [1.29, 1.82) is 0 Å². The molecule has 40 valence electrons. The minimum Gasteiger partial charge on any atom is -0.577 e. The van der Waals surface area contributed by atoms with E-state index in [0.717, 1.165) is 0 Å². The van der Waals surface area contributed by atoms with Crippen molar-refractivity contribution in [3.05, 3.63) is 10.5 Å². The van der Waals surface area contributed by atoms with Crippen LogP contribution in [0.5, 0.6) is 0 Å². The molecule has 0 saturated carbocycles. The molecule has 0 rings (SSSR count). The predicted molar refractivity (Wildman–Crippen MR) is 22.0 cm³/mol. The van der Waals surface area contributed by atoms with E-state index in [4.69, 9.17) is 29.9 Å². The van der Waals surface area contributed by atoms with Crippen molar-refractivity contribution in [1.82, 2.24) is 0 Å². The van der Waals surface area contributed by atoms with Gasteiger partial charge < -0.3 is 16.0 Å². The fourth-order valence-electron chi connectivity index (χ4n) is 0. The van der Waals surface area contributed by atoms with Gasteiger partial charge >= 0.3 is 34.5 Å². The molecule has 0 bridgehead atoms. The first-order valence-electron chi connectivity index (χ1n) is 0.450. The fourth-order valence-corrected chi connectivity index (χ4v) is 0. The van der Waals surface area contributed by atoms with Gasteiger partial charge in [-0.1, -0.05) is 0 Å². The van der Waals surface area contributed by atoms with Crippen molar-refractivity contribution < 1.29 is 20.6 Å². The molecule has 0 saturated heterocycles. The Kier molecular flexibility index (Phi) is 111. The summed E-state index contributed by atoms with van der Waals surface area (Å²) in [6, 6.07) is 0. The summed E-state index contributed by atoms with van der Waals surface area (Å²) in [7, 11) is 9.71. The molecule has 0 atom stereocenters. The van der Waals surface area contributed by atoms with E-state index in [9.17, 15) is 0 Å². The molecule has 6 heteroatoms. The maximum Gasteiger partial charge on any atom is -0.423 e. The van der Waals surface area contributed by atoms with Crippen LogP contribution in [0.1, 0.15) is 0 Å². The van der Waals surface area contributed by atoms with E-state index in [1.54, 1.807) is 0 Å². The minimum absolute atomic E-state index is 0. The van der Waals surface area contributed by atoms with Crippen LogP contribution in [0.15, 0.2) is 0 Å². The third kappa shape index (κ3) is 116. The van der Waals surface area contributed by atoms with Gasteiger partial charge in [0.25, 0.3) is 0 Å². The molecule has 0 aliphatic rings. The molecule has 2 N–H and O–H groups in total. The van der Waals surface area contributed by atoms with Gasteiger partial charge in [-0.2, -0.15) is 0 Å². The average molecular weight is 220 g/mol. The number of hydrogen-bond acceptors (Lipinski definition) is 1. The molecule has 0 fully saturated rings. The first-order valence-corrected chi connectivity index (χ1v) is 4.93. The number of halogens is 2. The SMILES string of the molecule is O.[Cl][Ru+2][Cl].[N-]=O. The smallest absolute Gasteiger partial charge is 0.423 e. The summed E-state index contributed by atoms with van der Waals surface area (Å²) in [5, 5.41) is 0. The summed E-state index contributed by atoms with van der Waals surface area (Å²) < 4.78 is 0. The van der Waals surface area contributed by atoms with Gasteiger partial charge in [-0.05, 0) is 0 Å². The molecule has 0 aromatic heterocycles. The van der Waals surface area contributed by atoms with Crippen LogP contribution in [0.25, 0.3) is 5.59 Å². The molecule has 0 aromatic carbocycles. The summed E-state index contributed by atoms with van der Waals surface area (Å²) in [5.41, 5.74) is 5.75. The maximum absolute atomic E-state index is 7.25. The third-order valence-corrected chi connectivity index (χ3v) is 0. The van der Waals surface area contributed by atoms with E-state index in [2.05, 4.69) is 0 Å². The largest absolute Gasteiger partial charge is 0.577 e. The van der Waals surface area contributed by atoms with Gasteiger partial charge in [0, 0.05) is 0 Å². The van der Waals surface area contributed by atoms with E-state index < -0.39 is 0 Å². The summed E-state index contributed by atoms with van der Waals surface area (Å²) in [5.74, 6) is 0. The molecule has 0 aliphatic heterocycles. The van der Waals surface area contributed by atoms with Gasteiger partial charge in [-0.3, -0.25) is 0 Å². The molecular weight excluding hydrogens is 218 g/mol. The third-order valence-electron chi connectivity index (χ3n) is 0. The van der Waals surface area contributed by atoms with Crippen molar-refractivity contribution in [2.24, 2.45) is 0 Å². The Hall–Kier alpha value is 0.763. The molecule has 3 nitrogen and oxygen atoms in total. The van der Waals surface area contributed by atoms with Gasteiger partial charge in [-0.15, -0.1) is 0 Å². The molecule has 6 heavy (non-hydrogen) atoms. The predicted octanol–water partition coefficient (Wildman–Crippen LogP) is 0.874. The van der Waals surface area contributed by atoms with Crippen LogP contribution in [0, 0.1) is 4.91 Å². The molecule has 0 amide bonds. The molecule has 0 unspecified atom stereocenters. The second-order valence-corrected chi connectivity index (χ2v) is 2.69. The van der Waals surface area contributed by atoms with Crippen molar-refractivity contribution in [2.75, 3.05) is 0 Å². The van der Waals surface area contributed by atoms with E-state index in [0.29, 0.717) is 0 Å². The summed E-state index contributed by atoms with van der Waals surface area (Å²) in [6.07, 6.45) is 0. The monoisotopic (exact) mass is 220 g/mol. The summed E-state index contributed by atoms with van der Waals surface area (Å²) >= 11 is -0.346. The molecule has 0 heterocycles. The fraction of sp³-hybridized carbons (Fsp3) is 0. The van der Waals surface area contributed by atoms with Gasteiger partial charge in [0.15, 0.2) is 0 Å². The van der Waals surface area contributed by atoms with Crippen LogP contribution >= 0.6 is 19.4 Å². The normalized spacial score (nSPS) is 3.67. The molecule has 0 aromatic rings. The zero-order valence-corrected chi connectivity index (χ0v) is 5.71. The standard InChI is InChI=1S/2ClH.NO.H2O.Ru/c;;1-2;;/h2*1H;;1H2;/q;;-1;;+4/p-2. The second kappa shape index (κ2) is 42.1. The molecule has 0 aliphatic carbocycles. The Morgan fingerprint density at radius 2 is 1.33 bits per heavy atom. The Balaban J connectivity index is -0.0000000275. The Bertz CT molecular complexity index is 15.5. The first-order chi connectivity index (χ1) is 2.41. The minimum atomic E-state index is -0.346. The molecule has 0 spiro atoms. The Morgan fingerprint density at radius 1 is 1.33 bits per heavy atom. The van der Waals surface area contributed by atoms with Gasteiger partial charge in [0.1, 0.15) is 0 Å². The van der Waals surface area contributed by atoms with Crippen molar-refractivity contribution in [3.63, 3.8) is 0 Å². The van der Waals surface area contributed by atoms with Gasteiger partial charge in [0.05, 0.1) is 0 Å². The maximum atomic E-state index is 7.25. The van der Waals surface area contributed by atoms with Gasteiger partial charge in [-0.25, -0.2) is 0 Å². The quantitative estimate of drug-likeness (QED) is 0.558. The van der Waals surface area contributed by atoms with E-state index in [1.165, 1.54) is 0 Å². The number of hydrogen-bond donors (Lipinski definition) is 0. The topological polar surface area (TPSA) is 70.9 Å². The summed E-state index contributed by atoms with van der Waals surface area (Å²) in [6.45, 7) is 0. The van der Waals surface area contributed by atoms with Crippen molar-refractivity contribution in [3.8, 4) is 0 Å². The second-order valence-electron chi connectivity index (χ2n) is 0.0505. The molecular formula is H2Cl2NO2Ru+. The van der Waals surface area contributed by atoms with E-state index in [-0.39, 0.29) is 20.6 Å². The number of nitroso groups, excluding NO2 is 1. The molecule has 0 radical (unpaired) electrons. The zero-order chi connectivity index (χ0) is 4.71. The number of nitrogens with zero attached hydrogens (tertiary/aromatic N) is 1. The van der Waals surface area contributed by atoms with Crippen LogP contribution in [-0.4, -0.2) is 5.48 Å². The summed E-state index contributed by atoms with van der Waals surface area (Å²) in [4.78, 5) is 7.25. The van der Waals surface area contributed by atoms with E-state index in [1.807, 2.05) is 0 Å². The Labute approximate surface area is 50.8 Å². The first kappa shape index (κ1) is 15.9. The van der Waals surface area contributed by atoms with Crippen LogP contribution in [-0.2, 0) is 15.1 Å². The van der Waals surface area contributed by atoms with Crippen LogP contribution in [0.4, 0.5) is 0 Å². The number of rotatable bonds is 0. The van der Waals surface area contributed by atoms with Crippen LogP contribution in [0.3, 0.4) is 0 Å². The van der Waals surface area contributed by atoms with Crippen LogP contribution < -0.4 is 0 Å².